The maximum absolute atomic E-state index is 12.1. The molecular weight excluding hydrogens is 236 g/mol. The lowest BCUT2D eigenvalue weighted by Crippen LogP contribution is -2.37. The number of nitrogens with zero attached hydrogens (tertiary/aromatic N) is 3. The van der Waals surface area contributed by atoms with E-state index < -0.39 is 0 Å². The lowest BCUT2D eigenvalue weighted by molar-refractivity contribution is 0.0545. The zero-order valence-corrected chi connectivity index (χ0v) is 10.9. The van der Waals surface area contributed by atoms with E-state index >= 15 is 0 Å². The highest BCUT2D eigenvalue weighted by molar-refractivity contribution is 5.91. The minimum atomic E-state index is -0.164. The molecule has 1 aromatic rings. The molecular formula is C11H20N4O3. The van der Waals surface area contributed by atoms with Crippen molar-refractivity contribution in [2.75, 3.05) is 39.5 Å². The standard InChI is InChI=1S/C11H20N4O3/c1-3-17-7-5-15(6-8-18-4-2)11(16)10-9-12-14-13-10/h9H,3-8H2,1-2H3,(H,12,13,14). The summed E-state index contributed by atoms with van der Waals surface area (Å²) < 4.78 is 10.5. The Morgan fingerprint density at radius 2 is 1.89 bits per heavy atom. The van der Waals surface area contributed by atoms with Crippen LogP contribution in [0.2, 0.25) is 0 Å². The molecule has 0 unspecified atom stereocenters. The fraction of sp³-hybridized carbons (Fsp3) is 0.727. The fourth-order valence-corrected chi connectivity index (χ4v) is 1.42. The van der Waals surface area contributed by atoms with Crippen LogP contribution in [0.25, 0.3) is 0 Å². The first-order valence-electron chi connectivity index (χ1n) is 6.10. The number of H-pyrrole nitrogens is 1. The van der Waals surface area contributed by atoms with Crippen LogP contribution in [0.15, 0.2) is 6.20 Å². The summed E-state index contributed by atoms with van der Waals surface area (Å²) in [5.41, 5.74) is 0.308. The normalized spacial score (nSPS) is 10.6. The topological polar surface area (TPSA) is 80.3 Å². The second kappa shape index (κ2) is 8.60. The lowest BCUT2D eigenvalue weighted by atomic mass is 10.3. The number of nitrogens with one attached hydrogen (secondary N) is 1. The molecule has 0 aromatic carbocycles. The van der Waals surface area contributed by atoms with Crippen molar-refractivity contribution in [2.45, 2.75) is 13.8 Å². The van der Waals surface area contributed by atoms with Crippen molar-refractivity contribution < 1.29 is 14.3 Å². The summed E-state index contributed by atoms with van der Waals surface area (Å²) in [6.07, 6.45) is 1.41. The first-order chi connectivity index (χ1) is 8.79. The van der Waals surface area contributed by atoms with Gasteiger partial charge in [0.05, 0.1) is 19.4 Å². The van der Waals surface area contributed by atoms with E-state index in [0.717, 1.165) is 0 Å². The van der Waals surface area contributed by atoms with Gasteiger partial charge in [-0.05, 0) is 13.8 Å². The van der Waals surface area contributed by atoms with Gasteiger partial charge >= 0.3 is 0 Å². The van der Waals surface area contributed by atoms with Crippen LogP contribution in [0, 0.1) is 0 Å². The molecule has 18 heavy (non-hydrogen) atoms. The van der Waals surface area contributed by atoms with Gasteiger partial charge in [0.25, 0.3) is 5.91 Å². The number of hydrogen-bond donors (Lipinski definition) is 1. The number of aromatic nitrogens is 3. The van der Waals surface area contributed by atoms with Crippen molar-refractivity contribution in [1.82, 2.24) is 20.3 Å². The molecule has 0 aliphatic carbocycles. The molecule has 0 fully saturated rings. The Bertz CT molecular complexity index is 319. The van der Waals surface area contributed by atoms with E-state index in [1.54, 1.807) is 4.90 Å². The van der Waals surface area contributed by atoms with E-state index in [0.29, 0.717) is 45.2 Å². The molecule has 0 aliphatic rings. The summed E-state index contributed by atoms with van der Waals surface area (Å²) in [5.74, 6) is -0.164. The number of carbonyl (C=O) groups excluding carboxylic acids is 1. The molecule has 1 amide bonds. The van der Waals surface area contributed by atoms with E-state index in [1.807, 2.05) is 13.8 Å². The van der Waals surface area contributed by atoms with Crippen LogP contribution in [0.4, 0.5) is 0 Å². The average molecular weight is 256 g/mol. The van der Waals surface area contributed by atoms with Gasteiger partial charge in [-0.1, -0.05) is 0 Å². The first-order valence-corrected chi connectivity index (χ1v) is 6.10. The Hall–Kier alpha value is -1.47. The van der Waals surface area contributed by atoms with E-state index in [-0.39, 0.29) is 5.91 Å². The third-order valence-corrected chi connectivity index (χ3v) is 2.34. The van der Waals surface area contributed by atoms with Crippen LogP contribution in [-0.2, 0) is 9.47 Å². The fourth-order valence-electron chi connectivity index (χ4n) is 1.42. The summed E-state index contributed by atoms with van der Waals surface area (Å²) >= 11 is 0. The summed E-state index contributed by atoms with van der Waals surface area (Å²) in [6, 6.07) is 0. The molecule has 7 heteroatoms. The predicted molar refractivity (Wildman–Crippen MR) is 65.3 cm³/mol. The zero-order valence-electron chi connectivity index (χ0n) is 10.9. The summed E-state index contributed by atoms with van der Waals surface area (Å²) in [5, 5.41) is 9.85. The van der Waals surface area contributed by atoms with Crippen molar-refractivity contribution in [2.24, 2.45) is 0 Å². The third kappa shape index (κ3) is 4.80. The van der Waals surface area contributed by atoms with Crippen LogP contribution in [0.5, 0.6) is 0 Å². The molecule has 0 aliphatic heterocycles. The van der Waals surface area contributed by atoms with Gasteiger partial charge in [-0.2, -0.15) is 15.4 Å². The highest BCUT2D eigenvalue weighted by Crippen LogP contribution is 2.00. The average Bonchev–Trinajstić information content (AvgIpc) is 2.90. The predicted octanol–water partition coefficient (Wildman–Crippen LogP) is 0.320. The first kappa shape index (κ1) is 14.6. The van der Waals surface area contributed by atoms with Gasteiger partial charge in [-0.25, -0.2) is 0 Å². The van der Waals surface area contributed by atoms with Crippen molar-refractivity contribution in [3.05, 3.63) is 11.9 Å². The van der Waals surface area contributed by atoms with E-state index in [2.05, 4.69) is 15.4 Å². The largest absolute Gasteiger partial charge is 0.380 e. The summed E-state index contributed by atoms with van der Waals surface area (Å²) in [7, 11) is 0. The molecule has 0 atom stereocenters. The molecule has 102 valence electrons. The van der Waals surface area contributed by atoms with Crippen molar-refractivity contribution in [3.63, 3.8) is 0 Å². The number of carbonyl (C=O) groups is 1. The maximum Gasteiger partial charge on any atom is 0.276 e. The lowest BCUT2D eigenvalue weighted by Gasteiger charge is -2.21. The Morgan fingerprint density at radius 1 is 1.28 bits per heavy atom. The van der Waals surface area contributed by atoms with Crippen molar-refractivity contribution >= 4 is 5.91 Å². The molecule has 1 aromatic heterocycles. The molecule has 0 spiro atoms. The van der Waals surface area contributed by atoms with Crippen LogP contribution < -0.4 is 0 Å². The van der Waals surface area contributed by atoms with Crippen molar-refractivity contribution in [1.29, 1.82) is 0 Å². The molecule has 1 rings (SSSR count). The Balaban J connectivity index is 2.49. The number of hydrogen-bond acceptors (Lipinski definition) is 5. The van der Waals surface area contributed by atoms with Gasteiger partial charge < -0.3 is 14.4 Å². The summed E-state index contributed by atoms with van der Waals surface area (Å²) in [4.78, 5) is 13.7. The van der Waals surface area contributed by atoms with Gasteiger partial charge in [0.1, 0.15) is 0 Å². The molecule has 1 N–H and O–H groups in total. The Labute approximate surface area is 106 Å². The smallest absolute Gasteiger partial charge is 0.276 e. The quantitative estimate of drug-likeness (QED) is 0.644. The highest BCUT2D eigenvalue weighted by atomic mass is 16.5. The van der Waals surface area contributed by atoms with Gasteiger partial charge in [-0.15, -0.1) is 0 Å². The minimum absolute atomic E-state index is 0.164. The van der Waals surface area contributed by atoms with Gasteiger partial charge in [0.15, 0.2) is 5.69 Å². The van der Waals surface area contributed by atoms with Gasteiger partial charge in [-0.3, -0.25) is 4.79 Å². The molecule has 0 bridgehead atoms. The van der Waals surface area contributed by atoms with Crippen LogP contribution >= 0.6 is 0 Å². The van der Waals surface area contributed by atoms with Gasteiger partial charge in [0.2, 0.25) is 0 Å². The van der Waals surface area contributed by atoms with Crippen LogP contribution in [0.1, 0.15) is 24.3 Å². The zero-order chi connectivity index (χ0) is 13.2. The van der Waals surface area contributed by atoms with Gasteiger partial charge in [0, 0.05) is 26.3 Å². The minimum Gasteiger partial charge on any atom is -0.380 e. The monoisotopic (exact) mass is 256 g/mol. The van der Waals surface area contributed by atoms with Crippen molar-refractivity contribution in [3.8, 4) is 0 Å². The SMILES string of the molecule is CCOCCN(CCOCC)C(=O)c1cn[nH]n1. The Kier molecular flexibility index (Phi) is 6.97. The number of aromatic amines is 1. The third-order valence-electron chi connectivity index (χ3n) is 2.34. The van der Waals surface area contributed by atoms with Crippen LogP contribution in [-0.4, -0.2) is 65.7 Å². The molecule has 0 radical (unpaired) electrons. The molecule has 0 saturated carbocycles. The Morgan fingerprint density at radius 3 is 2.33 bits per heavy atom. The van der Waals surface area contributed by atoms with Crippen LogP contribution in [0.3, 0.4) is 0 Å². The second-order valence-corrected chi connectivity index (χ2v) is 3.54. The van der Waals surface area contributed by atoms with E-state index in [9.17, 15) is 4.79 Å². The number of rotatable bonds is 9. The molecule has 0 saturated heterocycles. The number of amides is 1. The molecule has 1 heterocycles. The summed E-state index contributed by atoms with van der Waals surface area (Å²) in [6.45, 7) is 7.17. The van der Waals surface area contributed by atoms with E-state index in [1.165, 1.54) is 6.20 Å². The van der Waals surface area contributed by atoms with E-state index in [4.69, 9.17) is 9.47 Å². The maximum atomic E-state index is 12.1. The second-order valence-electron chi connectivity index (χ2n) is 3.54. The molecule has 7 nitrogen and oxygen atoms in total. The number of ether oxygens (including phenoxy) is 2. The highest BCUT2D eigenvalue weighted by Gasteiger charge is 2.17.